The molecule has 15 heavy (non-hydrogen) atoms. The van der Waals surface area contributed by atoms with Crippen molar-refractivity contribution in [2.45, 2.75) is 38.1 Å². The topological polar surface area (TPSA) is 80.9 Å². The summed E-state index contributed by atoms with van der Waals surface area (Å²) in [6.07, 6.45) is 3.39. The van der Waals surface area contributed by atoms with Crippen LogP contribution in [0.4, 0.5) is 5.13 Å². The molecule has 0 aromatic carbocycles. The quantitative estimate of drug-likeness (QED) is 0.807. The summed E-state index contributed by atoms with van der Waals surface area (Å²) in [6, 6.07) is 0. The Balaban J connectivity index is 1.87. The molecule has 2 rings (SSSR count). The molecule has 0 saturated heterocycles. The number of aromatic nitrogens is 2. The number of hydrogen-bond donors (Lipinski definition) is 2. The number of nitrogens with zero attached hydrogens (tertiary/aromatic N) is 2. The molecule has 0 bridgehead atoms. The fourth-order valence-electron chi connectivity index (χ4n) is 1.64. The van der Waals surface area contributed by atoms with Gasteiger partial charge >= 0.3 is 0 Å². The maximum atomic E-state index is 11.6. The molecule has 3 N–H and O–H groups in total. The molecule has 1 aliphatic rings. The van der Waals surface area contributed by atoms with E-state index in [9.17, 15) is 4.79 Å². The van der Waals surface area contributed by atoms with Gasteiger partial charge in [-0.2, -0.15) is 4.37 Å². The van der Waals surface area contributed by atoms with E-state index in [-0.39, 0.29) is 11.4 Å². The average molecular weight is 226 g/mol. The Labute approximate surface area is 92.3 Å². The molecule has 1 heterocycles. The third kappa shape index (κ3) is 2.51. The minimum atomic E-state index is -0.274. The van der Waals surface area contributed by atoms with Gasteiger partial charge in [-0.1, -0.05) is 0 Å². The number of carbonyl (C=O) groups excluding carboxylic acids is 1. The van der Waals surface area contributed by atoms with E-state index in [1.54, 1.807) is 6.92 Å². The summed E-state index contributed by atoms with van der Waals surface area (Å²) in [5.74, 6) is 0.620. The number of nitrogens with one attached hydrogen (secondary N) is 1. The van der Waals surface area contributed by atoms with Gasteiger partial charge < -0.3 is 11.1 Å². The standard InChI is InChI=1S/C9H14N4OS/c1-6-11-8(15-13-6)12-7(14)5-9(10)3-2-4-9/h2-5,10H2,1H3,(H,11,12,13,14). The molecule has 1 aromatic heterocycles. The second kappa shape index (κ2) is 3.86. The Kier molecular flexibility index (Phi) is 2.70. The maximum absolute atomic E-state index is 11.6. The van der Waals surface area contributed by atoms with Gasteiger partial charge in [-0.15, -0.1) is 0 Å². The van der Waals surface area contributed by atoms with Gasteiger partial charge in [0.15, 0.2) is 0 Å². The van der Waals surface area contributed by atoms with Crippen LogP contribution in [0, 0.1) is 6.92 Å². The van der Waals surface area contributed by atoms with E-state index in [2.05, 4.69) is 14.7 Å². The summed E-state index contributed by atoms with van der Waals surface area (Å²) in [7, 11) is 0. The van der Waals surface area contributed by atoms with Crippen molar-refractivity contribution in [2.24, 2.45) is 5.73 Å². The second-order valence-electron chi connectivity index (χ2n) is 4.09. The Morgan fingerprint density at radius 3 is 2.87 bits per heavy atom. The monoisotopic (exact) mass is 226 g/mol. The van der Waals surface area contributed by atoms with Crippen molar-refractivity contribution in [3.63, 3.8) is 0 Å². The van der Waals surface area contributed by atoms with Crippen LogP contribution in [-0.4, -0.2) is 20.8 Å². The van der Waals surface area contributed by atoms with Crippen LogP contribution in [0.2, 0.25) is 0 Å². The van der Waals surface area contributed by atoms with Gasteiger partial charge in [0.05, 0.1) is 0 Å². The average Bonchev–Trinajstić information content (AvgIpc) is 2.48. The van der Waals surface area contributed by atoms with E-state index in [0.717, 1.165) is 19.3 Å². The summed E-state index contributed by atoms with van der Waals surface area (Å²) in [5.41, 5.74) is 5.70. The van der Waals surface area contributed by atoms with Crippen LogP contribution in [-0.2, 0) is 4.79 Å². The van der Waals surface area contributed by atoms with Gasteiger partial charge in [-0.25, -0.2) is 4.98 Å². The molecule has 1 aliphatic carbocycles. The maximum Gasteiger partial charge on any atom is 0.228 e. The molecule has 0 atom stereocenters. The van der Waals surface area contributed by atoms with Crippen molar-refractivity contribution in [3.8, 4) is 0 Å². The first-order chi connectivity index (χ1) is 7.07. The van der Waals surface area contributed by atoms with Gasteiger partial charge in [0.1, 0.15) is 5.82 Å². The van der Waals surface area contributed by atoms with Crippen LogP contribution < -0.4 is 11.1 Å². The lowest BCUT2D eigenvalue weighted by Gasteiger charge is -2.37. The Morgan fingerprint density at radius 2 is 2.40 bits per heavy atom. The SMILES string of the molecule is Cc1nsc(NC(=O)CC2(N)CCC2)n1. The zero-order valence-corrected chi connectivity index (χ0v) is 9.43. The predicted molar refractivity (Wildman–Crippen MR) is 58.7 cm³/mol. The fourth-order valence-corrected chi connectivity index (χ4v) is 2.23. The van der Waals surface area contributed by atoms with Crippen LogP contribution in [0.5, 0.6) is 0 Å². The zero-order chi connectivity index (χ0) is 10.9. The highest BCUT2D eigenvalue weighted by Crippen LogP contribution is 2.32. The van der Waals surface area contributed by atoms with E-state index in [1.807, 2.05) is 0 Å². The first-order valence-corrected chi connectivity index (χ1v) is 5.74. The van der Waals surface area contributed by atoms with Gasteiger partial charge in [0.25, 0.3) is 0 Å². The normalized spacial score (nSPS) is 18.3. The third-order valence-corrected chi connectivity index (χ3v) is 3.36. The summed E-state index contributed by atoms with van der Waals surface area (Å²) >= 11 is 1.20. The smallest absolute Gasteiger partial charge is 0.228 e. The largest absolute Gasteiger partial charge is 0.325 e. The van der Waals surface area contributed by atoms with Crippen LogP contribution in [0.25, 0.3) is 0 Å². The van der Waals surface area contributed by atoms with Gasteiger partial charge in [-0.3, -0.25) is 4.79 Å². The van der Waals surface area contributed by atoms with Gasteiger partial charge in [0.2, 0.25) is 11.0 Å². The van der Waals surface area contributed by atoms with Gasteiger partial charge in [0, 0.05) is 23.5 Å². The number of carbonyl (C=O) groups is 1. The predicted octanol–water partition coefficient (Wildman–Crippen LogP) is 1.06. The van der Waals surface area contributed by atoms with Crippen LogP contribution in [0.1, 0.15) is 31.5 Å². The fraction of sp³-hybridized carbons (Fsp3) is 0.667. The molecule has 1 saturated carbocycles. The van der Waals surface area contributed by atoms with Crippen molar-refractivity contribution in [1.82, 2.24) is 9.36 Å². The Hall–Kier alpha value is -1.01. The molecule has 0 spiro atoms. The first-order valence-electron chi connectivity index (χ1n) is 4.96. The van der Waals surface area contributed by atoms with Crippen LogP contribution >= 0.6 is 11.5 Å². The molecule has 0 unspecified atom stereocenters. The lowest BCUT2D eigenvalue weighted by atomic mass is 9.75. The van der Waals surface area contributed by atoms with E-state index < -0.39 is 0 Å². The van der Waals surface area contributed by atoms with Crippen molar-refractivity contribution in [2.75, 3.05) is 5.32 Å². The highest BCUT2D eigenvalue weighted by molar-refractivity contribution is 7.09. The molecule has 1 fully saturated rings. The Morgan fingerprint density at radius 1 is 1.67 bits per heavy atom. The minimum absolute atomic E-state index is 0.0617. The number of nitrogens with two attached hydrogens (primary N) is 1. The third-order valence-electron chi connectivity index (χ3n) is 2.64. The number of aryl methyl sites for hydroxylation is 1. The van der Waals surface area contributed by atoms with E-state index in [0.29, 0.717) is 17.4 Å². The summed E-state index contributed by atoms with van der Waals surface area (Å²) in [6.45, 7) is 1.79. The molecule has 6 heteroatoms. The number of anilines is 1. The summed E-state index contributed by atoms with van der Waals surface area (Å²) in [4.78, 5) is 15.6. The van der Waals surface area contributed by atoms with Crippen LogP contribution in [0.3, 0.4) is 0 Å². The highest BCUT2D eigenvalue weighted by Gasteiger charge is 2.34. The van der Waals surface area contributed by atoms with E-state index in [1.165, 1.54) is 11.5 Å². The lowest BCUT2D eigenvalue weighted by Crippen LogP contribution is -2.48. The number of hydrogen-bond acceptors (Lipinski definition) is 5. The number of rotatable bonds is 3. The van der Waals surface area contributed by atoms with Gasteiger partial charge in [-0.05, 0) is 26.2 Å². The Bertz CT molecular complexity index is 372. The zero-order valence-electron chi connectivity index (χ0n) is 8.62. The molecule has 0 aliphatic heterocycles. The molecular formula is C9H14N4OS. The molecule has 82 valence electrons. The van der Waals surface area contributed by atoms with Crippen molar-refractivity contribution in [1.29, 1.82) is 0 Å². The molecule has 1 aromatic rings. The first kappa shape index (κ1) is 10.5. The second-order valence-corrected chi connectivity index (χ2v) is 4.84. The van der Waals surface area contributed by atoms with Crippen molar-refractivity contribution >= 4 is 22.6 Å². The molecular weight excluding hydrogens is 212 g/mol. The summed E-state index contributed by atoms with van der Waals surface area (Å²) in [5, 5.41) is 3.27. The number of amides is 1. The lowest BCUT2D eigenvalue weighted by molar-refractivity contribution is -0.118. The van der Waals surface area contributed by atoms with Crippen LogP contribution in [0.15, 0.2) is 0 Å². The minimum Gasteiger partial charge on any atom is -0.325 e. The molecule has 5 nitrogen and oxygen atoms in total. The van der Waals surface area contributed by atoms with E-state index in [4.69, 9.17) is 5.73 Å². The van der Waals surface area contributed by atoms with E-state index >= 15 is 0 Å². The van der Waals surface area contributed by atoms with Crippen molar-refractivity contribution < 1.29 is 4.79 Å². The highest BCUT2D eigenvalue weighted by atomic mass is 32.1. The molecule has 0 radical (unpaired) electrons. The van der Waals surface area contributed by atoms with Crippen molar-refractivity contribution in [3.05, 3.63) is 5.82 Å². The molecule has 1 amide bonds. The summed E-state index contributed by atoms with van der Waals surface area (Å²) < 4.78 is 3.98.